The third-order valence-electron chi connectivity index (χ3n) is 5.36. The summed E-state index contributed by atoms with van der Waals surface area (Å²) in [5, 5.41) is 11.7. The number of hydrogen-bond acceptors (Lipinski definition) is 7. The van der Waals surface area contributed by atoms with Gasteiger partial charge in [-0.15, -0.1) is 0 Å². The molecule has 0 saturated carbocycles. The maximum Gasteiger partial charge on any atom is 0.270 e. The number of fused-ring (bicyclic) bond motifs is 6. The summed E-state index contributed by atoms with van der Waals surface area (Å²) in [6.07, 6.45) is 0.518. The summed E-state index contributed by atoms with van der Waals surface area (Å²) in [6, 6.07) is 7.30. The molecule has 2 aliphatic rings. The fourth-order valence-electron chi connectivity index (χ4n) is 4.04. The van der Waals surface area contributed by atoms with Crippen molar-refractivity contribution in [2.75, 3.05) is 13.3 Å². The van der Waals surface area contributed by atoms with Crippen LogP contribution in [0.3, 0.4) is 0 Å². The van der Waals surface area contributed by atoms with Crippen molar-refractivity contribution in [2.24, 2.45) is 0 Å². The zero-order valence-corrected chi connectivity index (χ0v) is 16.2. The highest BCUT2D eigenvalue weighted by atomic mass is 35.5. The van der Waals surface area contributed by atoms with Crippen molar-refractivity contribution in [3.05, 3.63) is 61.9 Å². The maximum absolute atomic E-state index is 13.3. The van der Waals surface area contributed by atoms with E-state index in [4.69, 9.17) is 21.3 Å². The normalized spacial score (nSPS) is 13.6. The van der Waals surface area contributed by atoms with Crippen LogP contribution < -0.4 is 19.9 Å². The van der Waals surface area contributed by atoms with E-state index in [1.807, 2.05) is 0 Å². The molecule has 1 aliphatic carbocycles. The Morgan fingerprint density at radius 1 is 1.10 bits per heavy atom. The predicted molar refractivity (Wildman–Crippen MR) is 108 cm³/mol. The molecule has 9 nitrogen and oxygen atoms in total. The molecule has 0 unspecified atom stereocenters. The molecule has 0 amide bonds. The number of nitrogens with one attached hydrogen (secondary N) is 1. The van der Waals surface area contributed by atoms with Crippen molar-refractivity contribution >= 4 is 34.0 Å². The molecule has 0 fully saturated rings. The highest BCUT2D eigenvalue weighted by molar-refractivity contribution is 6.27. The van der Waals surface area contributed by atoms with E-state index in [0.29, 0.717) is 52.2 Å². The zero-order chi connectivity index (χ0) is 21.0. The first-order chi connectivity index (χ1) is 14.5. The van der Waals surface area contributed by atoms with Crippen molar-refractivity contribution in [1.82, 2.24) is 9.40 Å². The number of non-ortho nitro benzene ring substituents is 1. The van der Waals surface area contributed by atoms with Gasteiger partial charge in [0.1, 0.15) is 0 Å². The summed E-state index contributed by atoms with van der Waals surface area (Å²) in [7, 11) is 0. The molecule has 0 saturated heterocycles. The van der Waals surface area contributed by atoms with Crippen molar-refractivity contribution in [3.8, 4) is 22.8 Å². The molecule has 2 aromatic carbocycles. The van der Waals surface area contributed by atoms with Gasteiger partial charge in [0, 0.05) is 41.7 Å². The van der Waals surface area contributed by atoms with E-state index in [0.717, 1.165) is 0 Å². The van der Waals surface area contributed by atoms with Gasteiger partial charge in [0.25, 0.3) is 11.2 Å². The smallest absolute Gasteiger partial charge is 0.270 e. The molecule has 0 atom stereocenters. The van der Waals surface area contributed by atoms with Gasteiger partial charge in [-0.3, -0.25) is 19.7 Å². The molecule has 30 heavy (non-hydrogen) atoms. The minimum atomic E-state index is -0.566. The summed E-state index contributed by atoms with van der Waals surface area (Å²) in [4.78, 5) is 39.8. The number of carbonyl (C=O) groups excluding carboxylic acids is 1. The van der Waals surface area contributed by atoms with Crippen molar-refractivity contribution in [3.63, 3.8) is 0 Å². The van der Waals surface area contributed by atoms with Crippen LogP contribution in [0.15, 0.2) is 35.1 Å². The van der Waals surface area contributed by atoms with Crippen molar-refractivity contribution in [1.29, 1.82) is 0 Å². The molecule has 2 heterocycles. The zero-order valence-electron chi connectivity index (χ0n) is 15.4. The Bertz CT molecular complexity index is 1320. The highest BCUT2D eigenvalue weighted by Gasteiger charge is 2.35. The van der Waals surface area contributed by atoms with Crippen LogP contribution in [-0.4, -0.2) is 28.6 Å². The Morgan fingerprint density at radius 3 is 2.53 bits per heavy atom. The summed E-state index contributed by atoms with van der Waals surface area (Å²) < 4.78 is 12.3. The van der Waals surface area contributed by atoms with Gasteiger partial charge in [-0.05, 0) is 36.4 Å². The third-order valence-corrected chi connectivity index (χ3v) is 5.55. The van der Waals surface area contributed by atoms with Crippen molar-refractivity contribution < 1.29 is 19.2 Å². The van der Waals surface area contributed by atoms with E-state index in [9.17, 15) is 19.7 Å². The lowest BCUT2D eigenvalue weighted by atomic mass is 10.0. The summed E-state index contributed by atoms with van der Waals surface area (Å²) >= 11 is 5.55. The Labute approximate surface area is 174 Å². The summed E-state index contributed by atoms with van der Waals surface area (Å²) in [5.74, 6) is 0.705. The minimum absolute atomic E-state index is 0.0643. The number of nitrogens with zero attached hydrogens (tertiary/aromatic N) is 2. The topological polar surface area (TPSA) is 113 Å². The second-order valence-electron chi connectivity index (χ2n) is 6.98. The summed E-state index contributed by atoms with van der Waals surface area (Å²) in [6.45, 7) is 0.785. The van der Waals surface area contributed by atoms with Crippen LogP contribution >= 0.6 is 11.8 Å². The SMILES string of the molecule is O=C1c2cc3c(cc2-c2c1c1ccc([N+](=O)[O-])cc1c(=O)n2CCCNCl)OCO3. The van der Waals surface area contributed by atoms with Crippen LogP contribution in [0.25, 0.3) is 22.0 Å². The van der Waals surface area contributed by atoms with Gasteiger partial charge in [0.2, 0.25) is 6.79 Å². The van der Waals surface area contributed by atoms with Crippen LogP contribution in [0.5, 0.6) is 11.5 Å². The molecule has 5 rings (SSSR count). The maximum atomic E-state index is 13.3. The average Bonchev–Trinajstić information content (AvgIpc) is 3.31. The predicted octanol–water partition coefficient (Wildman–Crippen LogP) is 2.98. The monoisotopic (exact) mass is 427 g/mol. The molecule has 10 heteroatoms. The number of rotatable bonds is 5. The number of aromatic nitrogens is 1. The summed E-state index contributed by atoms with van der Waals surface area (Å²) in [5.41, 5.74) is 1.20. The molecule has 1 aromatic heterocycles. The second kappa shape index (κ2) is 6.82. The Balaban J connectivity index is 1.83. The molecule has 0 bridgehead atoms. The van der Waals surface area contributed by atoms with Crippen LogP contribution in [0, 0.1) is 10.1 Å². The Morgan fingerprint density at radius 2 is 1.83 bits per heavy atom. The first-order valence-electron chi connectivity index (χ1n) is 9.18. The highest BCUT2D eigenvalue weighted by Crippen LogP contribution is 2.46. The van der Waals surface area contributed by atoms with Gasteiger partial charge in [-0.1, -0.05) is 0 Å². The lowest BCUT2D eigenvalue weighted by Crippen LogP contribution is -2.24. The molecule has 0 radical (unpaired) electrons. The minimum Gasteiger partial charge on any atom is -0.454 e. The van der Waals surface area contributed by atoms with E-state index in [2.05, 4.69) is 4.84 Å². The quantitative estimate of drug-likeness (QED) is 0.225. The number of nitro benzene ring substituents is 1. The van der Waals surface area contributed by atoms with E-state index < -0.39 is 10.5 Å². The van der Waals surface area contributed by atoms with Gasteiger partial charge in [-0.2, -0.15) is 0 Å². The molecular formula is C20H14ClN3O6. The van der Waals surface area contributed by atoms with Gasteiger partial charge in [0.05, 0.1) is 21.6 Å². The Hall–Kier alpha value is -3.43. The number of halogens is 1. The number of ketones is 1. The first kappa shape index (κ1) is 18.6. The van der Waals surface area contributed by atoms with E-state index in [1.165, 1.54) is 22.8 Å². The lowest BCUT2D eigenvalue weighted by Gasteiger charge is -2.15. The number of pyridine rings is 1. The van der Waals surface area contributed by atoms with Gasteiger partial charge >= 0.3 is 0 Å². The largest absolute Gasteiger partial charge is 0.454 e. The lowest BCUT2D eigenvalue weighted by molar-refractivity contribution is -0.384. The second-order valence-corrected chi connectivity index (χ2v) is 7.25. The van der Waals surface area contributed by atoms with Gasteiger partial charge in [-0.25, -0.2) is 4.84 Å². The number of hydrogen-bond donors (Lipinski definition) is 1. The fraction of sp³-hybridized carbons (Fsp3) is 0.200. The van der Waals surface area contributed by atoms with Gasteiger partial charge in [0.15, 0.2) is 17.3 Å². The van der Waals surface area contributed by atoms with Gasteiger partial charge < -0.3 is 14.0 Å². The average molecular weight is 428 g/mol. The number of carbonyl (C=O) groups is 1. The molecule has 152 valence electrons. The molecular weight excluding hydrogens is 414 g/mol. The van der Waals surface area contributed by atoms with Crippen LogP contribution in [0.2, 0.25) is 0 Å². The molecule has 1 N–H and O–H groups in total. The number of benzene rings is 2. The van der Waals surface area contributed by atoms with Crippen molar-refractivity contribution in [2.45, 2.75) is 13.0 Å². The fourth-order valence-corrected chi connectivity index (χ4v) is 4.17. The molecule has 3 aromatic rings. The van der Waals surface area contributed by atoms with Crippen LogP contribution in [-0.2, 0) is 6.54 Å². The third kappa shape index (κ3) is 2.59. The molecule has 1 aliphatic heterocycles. The standard InChI is InChI=1S/C20H14ClN3O6/c21-22-4-1-5-23-18-12-7-15-16(30-9-29-15)8-13(12)19(25)17(18)11-3-2-10(24(27)28)6-14(11)20(23)26/h2-3,6-8,22H,1,4-5,9H2. The van der Waals surface area contributed by atoms with E-state index in [-0.39, 0.29) is 30.2 Å². The number of ether oxygens (including phenoxy) is 2. The number of nitro groups is 1. The van der Waals surface area contributed by atoms with Crippen LogP contribution in [0.1, 0.15) is 22.3 Å². The first-order valence-corrected chi connectivity index (χ1v) is 9.56. The molecule has 0 spiro atoms. The Kier molecular flexibility index (Phi) is 4.23. The van der Waals surface area contributed by atoms with E-state index >= 15 is 0 Å². The van der Waals surface area contributed by atoms with E-state index in [1.54, 1.807) is 12.1 Å². The van der Waals surface area contributed by atoms with Crippen LogP contribution in [0.4, 0.5) is 5.69 Å².